The molecule has 2 aromatic rings. The highest BCUT2D eigenvalue weighted by Gasteiger charge is 2.54. The maximum Gasteiger partial charge on any atom is 0.274 e. The summed E-state index contributed by atoms with van der Waals surface area (Å²) in [5.41, 5.74) is 2.26. The van der Waals surface area contributed by atoms with Gasteiger partial charge in [-0.15, -0.1) is 0 Å². The van der Waals surface area contributed by atoms with Gasteiger partial charge < -0.3 is 14.9 Å². The molecule has 0 unspecified atom stereocenters. The van der Waals surface area contributed by atoms with Crippen molar-refractivity contribution in [1.82, 2.24) is 19.8 Å². The van der Waals surface area contributed by atoms with Crippen LogP contribution < -0.4 is 0 Å². The summed E-state index contributed by atoms with van der Waals surface area (Å²) >= 11 is 0. The molecule has 1 N–H and O–H groups in total. The Morgan fingerprint density at radius 2 is 1.94 bits per heavy atom. The lowest BCUT2D eigenvalue weighted by atomic mass is 9.73. The van der Waals surface area contributed by atoms with Crippen LogP contribution in [0.5, 0.6) is 0 Å². The second-order valence-electron chi connectivity index (χ2n) is 9.20. The Labute approximate surface area is 193 Å². The van der Waals surface area contributed by atoms with Crippen molar-refractivity contribution in [1.29, 1.82) is 0 Å². The number of carbonyl (C=O) groups excluding carboxylic acids is 2. The van der Waals surface area contributed by atoms with Gasteiger partial charge in [-0.25, -0.2) is 4.98 Å². The van der Waals surface area contributed by atoms with E-state index in [1.54, 1.807) is 4.90 Å². The zero-order chi connectivity index (χ0) is 22.8. The normalized spacial score (nSPS) is 24.6. The van der Waals surface area contributed by atoms with Crippen LogP contribution in [0.15, 0.2) is 42.9 Å². The summed E-state index contributed by atoms with van der Waals surface area (Å²) in [7, 11) is 0. The molecule has 3 fully saturated rings. The SMILES string of the molecule is O=C(c1cnccn1)N1CC(=O)N2[C@H](CO)[C@@H](c3ccc(C#CCC4CCCC4)cc3)[C@@H]2C1. The number of aliphatic hydroxyl groups excluding tert-OH is 1. The second-order valence-corrected chi connectivity index (χ2v) is 9.20. The molecule has 1 saturated carbocycles. The summed E-state index contributed by atoms with van der Waals surface area (Å²) in [6.45, 7) is 0.296. The smallest absolute Gasteiger partial charge is 0.274 e. The highest BCUT2D eigenvalue weighted by molar-refractivity contribution is 5.96. The van der Waals surface area contributed by atoms with Crippen LogP contribution in [0.3, 0.4) is 0 Å². The molecule has 3 atom stereocenters. The van der Waals surface area contributed by atoms with E-state index in [-0.39, 0.29) is 48.7 Å². The van der Waals surface area contributed by atoms with E-state index < -0.39 is 0 Å². The average molecular weight is 445 g/mol. The Hall–Kier alpha value is -3.24. The molecule has 0 radical (unpaired) electrons. The van der Waals surface area contributed by atoms with E-state index in [0.29, 0.717) is 6.54 Å². The fourth-order valence-electron chi connectivity index (χ4n) is 5.53. The third-order valence-corrected chi connectivity index (χ3v) is 7.22. The van der Waals surface area contributed by atoms with E-state index in [1.807, 2.05) is 24.3 Å². The molecule has 2 saturated heterocycles. The largest absolute Gasteiger partial charge is 0.394 e. The van der Waals surface area contributed by atoms with Crippen LogP contribution in [0, 0.1) is 17.8 Å². The van der Waals surface area contributed by atoms with Crippen molar-refractivity contribution >= 4 is 11.8 Å². The van der Waals surface area contributed by atoms with Crippen molar-refractivity contribution in [3.63, 3.8) is 0 Å². The number of carbonyl (C=O) groups is 2. The van der Waals surface area contributed by atoms with Crippen molar-refractivity contribution in [2.24, 2.45) is 5.92 Å². The van der Waals surface area contributed by atoms with Crippen LogP contribution in [-0.4, -0.2) is 68.5 Å². The first-order chi connectivity index (χ1) is 16.2. The molecule has 0 bridgehead atoms. The lowest BCUT2D eigenvalue weighted by Gasteiger charge is -2.58. The number of hydrogen-bond donors (Lipinski definition) is 1. The lowest BCUT2D eigenvalue weighted by Crippen LogP contribution is -2.73. The highest BCUT2D eigenvalue weighted by atomic mass is 16.3. The van der Waals surface area contributed by atoms with Crippen LogP contribution in [0.4, 0.5) is 0 Å². The first-order valence-corrected chi connectivity index (χ1v) is 11.7. The molecule has 1 aliphatic carbocycles. The van der Waals surface area contributed by atoms with E-state index in [0.717, 1.165) is 23.5 Å². The molecule has 0 spiro atoms. The predicted octanol–water partition coefficient (Wildman–Crippen LogP) is 2.22. The number of fused-ring (bicyclic) bond motifs is 1. The van der Waals surface area contributed by atoms with Gasteiger partial charge in [-0.2, -0.15) is 0 Å². The molecule has 2 amide bonds. The molecule has 7 heteroatoms. The fraction of sp³-hybridized carbons (Fsp3) is 0.462. The molecular weight excluding hydrogens is 416 g/mol. The molecule has 7 nitrogen and oxygen atoms in total. The van der Waals surface area contributed by atoms with Gasteiger partial charge >= 0.3 is 0 Å². The molecule has 3 aliphatic rings. The fourth-order valence-corrected chi connectivity index (χ4v) is 5.53. The molecular formula is C26H28N4O3. The first kappa shape index (κ1) is 21.6. The Bertz CT molecular complexity index is 1070. The number of benzene rings is 1. The Morgan fingerprint density at radius 3 is 2.64 bits per heavy atom. The van der Waals surface area contributed by atoms with Crippen molar-refractivity contribution in [3.8, 4) is 11.8 Å². The van der Waals surface area contributed by atoms with Crippen molar-refractivity contribution in [3.05, 3.63) is 59.7 Å². The molecule has 5 rings (SSSR count). The van der Waals surface area contributed by atoms with Gasteiger partial charge in [-0.1, -0.05) is 36.8 Å². The zero-order valence-electron chi connectivity index (χ0n) is 18.6. The lowest BCUT2D eigenvalue weighted by molar-refractivity contribution is -0.159. The van der Waals surface area contributed by atoms with Crippen LogP contribution in [-0.2, 0) is 4.79 Å². The minimum atomic E-state index is -0.296. The first-order valence-electron chi connectivity index (χ1n) is 11.7. The van der Waals surface area contributed by atoms with Crippen LogP contribution >= 0.6 is 0 Å². The maximum absolute atomic E-state index is 12.8. The summed E-state index contributed by atoms with van der Waals surface area (Å²) in [4.78, 5) is 37.0. The van der Waals surface area contributed by atoms with Crippen LogP contribution in [0.2, 0.25) is 0 Å². The monoisotopic (exact) mass is 444 g/mol. The van der Waals surface area contributed by atoms with E-state index in [9.17, 15) is 14.7 Å². The van der Waals surface area contributed by atoms with Crippen LogP contribution in [0.25, 0.3) is 0 Å². The van der Waals surface area contributed by atoms with Gasteiger partial charge in [-0.3, -0.25) is 14.6 Å². The Balaban J connectivity index is 1.30. The van der Waals surface area contributed by atoms with E-state index in [1.165, 1.54) is 49.2 Å². The van der Waals surface area contributed by atoms with Gasteiger partial charge in [0, 0.05) is 36.8 Å². The number of piperazine rings is 1. The highest BCUT2D eigenvalue weighted by Crippen LogP contribution is 2.43. The van der Waals surface area contributed by atoms with Crippen molar-refractivity contribution in [2.45, 2.75) is 50.1 Å². The van der Waals surface area contributed by atoms with E-state index in [4.69, 9.17) is 0 Å². The standard InChI is InChI=1S/C26H28N4O3/c31-17-23-25(20-10-8-19(9-11-20)7-3-6-18-4-1-2-5-18)22-15-29(16-24(32)30(22)23)26(33)21-14-27-12-13-28-21/h8-14,18,22-23,25,31H,1-2,4-6,15-17H2/t22-,23+,25-/m0/s1. The quantitative estimate of drug-likeness (QED) is 0.731. The number of amides is 2. The summed E-state index contributed by atoms with van der Waals surface area (Å²) in [6.07, 6.45) is 10.6. The van der Waals surface area contributed by atoms with Gasteiger partial charge in [0.1, 0.15) is 12.2 Å². The van der Waals surface area contributed by atoms with Gasteiger partial charge in [0.25, 0.3) is 5.91 Å². The molecule has 2 aliphatic heterocycles. The third kappa shape index (κ3) is 4.23. The van der Waals surface area contributed by atoms with E-state index in [2.05, 4.69) is 21.8 Å². The summed E-state index contributed by atoms with van der Waals surface area (Å²) < 4.78 is 0. The Morgan fingerprint density at radius 1 is 1.15 bits per heavy atom. The number of nitrogens with zero attached hydrogens (tertiary/aromatic N) is 4. The second kappa shape index (κ2) is 9.32. The molecule has 170 valence electrons. The number of rotatable bonds is 4. The zero-order valence-corrected chi connectivity index (χ0v) is 18.6. The topological polar surface area (TPSA) is 86.6 Å². The number of aliphatic hydroxyl groups is 1. The molecule has 1 aromatic heterocycles. The maximum atomic E-state index is 12.8. The summed E-state index contributed by atoms with van der Waals surface area (Å²) in [5, 5.41) is 9.99. The minimum absolute atomic E-state index is 0.00928. The number of hydrogen-bond acceptors (Lipinski definition) is 5. The van der Waals surface area contributed by atoms with Crippen LogP contribution in [0.1, 0.15) is 59.6 Å². The Kier molecular flexibility index (Phi) is 6.10. The van der Waals surface area contributed by atoms with E-state index >= 15 is 0 Å². The average Bonchev–Trinajstić information content (AvgIpc) is 3.35. The molecule has 3 heterocycles. The molecule has 1 aromatic carbocycles. The summed E-state index contributed by atoms with van der Waals surface area (Å²) in [5.74, 6) is 6.88. The predicted molar refractivity (Wildman–Crippen MR) is 122 cm³/mol. The molecule has 33 heavy (non-hydrogen) atoms. The van der Waals surface area contributed by atoms with Gasteiger partial charge in [-0.05, 0) is 36.5 Å². The number of aromatic nitrogens is 2. The summed E-state index contributed by atoms with van der Waals surface area (Å²) in [6, 6.07) is 7.68. The minimum Gasteiger partial charge on any atom is -0.394 e. The van der Waals surface area contributed by atoms with Gasteiger partial charge in [0.05, 0.1) is 24.9 Å². The van der Waals surface area contributed by atoms with Crippen molar-refractivity contribution in [2.75, 3.05) is 19.7 Å². The third-order valence-electron chi connectivity index (χ3n) is 7.22. The van der Waals surface area contributed by atoms with Crippen molar-refractivity contribution < 1.29 is 14.7 Å². The van der Waals surface area contributed by atoms with Gasteiger partial charge in [0.15, 0.2) is 0 Å². The van der Waals surface area contributed by atoms with Gasteiger partial charge in [0.2, 0.25) is 5.91 Å².